The Balaban J connectivity index is 1.47. The van der Waals surface area contributed by atoms with Crippen molar-refractivity contribution in [1.29, 1.82) is 0 Å². The molecule has 31 heavy (non-hydrogen) atoms. The minimum atomic E-state index is -0.182. The second-order valence-electron chi connectivity index (χ2n) is 8.86. The minimum Gasteiger partial charge on any atom is -0.347 e. The molecule has 0 aromatic carbocycles. The summed E-state index contributed by atoms with van der Waals surface area (Å²) in [5, 5.41) is 7.66. The van der Waals surface area contributed by atoms with Crippen LogP contribution in [0.25, 0.3) is 0 Å². The molecule has 7 nitrogen and oxygen atoms in total. The lowest BCUT2D eigenvalue weighted by molar-refractivity contribution is -0.123. The van der Waals surface area contributed by atoms with Crippen LogP contribution in [-0.2, 0) is 11.3 Å². The summed E-state index contributed by atoms with van der Waals surface area (Å²) in [7, 11) is 0. The zero-order valence-corrected chi connectivity index (χ0v) is 18.4. The predicted molar refractivity (Wildman–Crippen MR) is 118 cm³/mol. The standard InChI is InChI=1S/C24H33N5O2/c1-2-29-15-12-21(27-29)24(31)28-14-7-10-19(17-28)23(20-11-5-6-13-25-20)26-22(30)16-18-8-3-4-9-18/h5-6,11-13,15,18-19,23H,2-4,7-10,14,16-17H2,1H3,(H,26,30)/t19-,23+/m1/s1. The molecule has 2 fully saturated rings. The third-order valence-corrected chi connectivity index (χ3v) is 6.67. The van der Waals surface area contributed by atoms with Crippen molar-refractivity contribution in [3.63, 3.8) is 0 Å². The van der Waals surface area contributed by atoms with Crippen LogP contribution in [0.3, 0.4) is 0 Å². The summed E-state index contributed by atoms with van der Waals surface area (Å²) in [5.41, 5.74) is 1.36. The summed E-state index contributed by atoms with van der Waals surface area (Å²) in [5.74, 6) is 0.706. The fourth-order valence-corrected chi connectivity index (χ4v) is 4.98. The Morgan fingerprint density at radius 3 is 2.71 bits per heavy atom. The van der Waals surface area contributed by atoms with E-state index in [2.05, 4.69) is 15.4 Å². The van der Waals surface area contributed by atoms with E-state index in [0.29, 0.717) is 24.6 Å². The molecule has 2 aromatic rings. The summed E-state index contributed by atoms with van der Waals surface area (Å²) in [6.45, 7) is 4.07. The van der Waals surface area contributed by atoms with Crippen LogP contribution in [0.1, 0.15) is 74.1 Å². The van der Waals surface area contributed by atoms with Crippen molar-refractivity contribution in [2.75, 3.05) is 13.1 Å². The first kappa shape index (κ1) is 21.5. The number of nitrogens with zero attached hydrogens (tertiary/aromatic N) is 4. The largest absolute Gasteiger partial charge is 0.347 e. The second kappa shape index (κ2) is 10.1. The zero-order valence-electron chi connectivity index (χ0n) is 18.4. The summed E-state index contributed by atoms with van der Waals surface area (Å²) in [4.78, 5) is 32.3. The number of hydrogen-bond acceptors (Lipinski definition) is 4. The van der Waals surface area contributed by atoms with E-state index >= 15 is 0 Å². The van der Waals surface area contributed by atoms with Gasteiger partial charge in [-0.2, -0.15) is 5.10 Å². The molecule has 0 spiro atoms. The highest BCUT2D eigenvalue weighted by Gasteiger charge is 2.33. The van der Waals surface area contributed by atoms with Gasteiger partial charge in [0.25, 0.3) is 5.91 Å². The van der Waals surface area contributed by atoms with Gasteiger partial charge in [-0.25, -0.2) is 0 Å². The number of piperidine rings is 1. The van der Waals surface area contributed by atoms with Crippen LogP contribution in [0.15, 0.2) is 36.7 Å². The number of aromatic nitrogens is 3. The Kier molecular flexibility index (Phi) is 6.99. The first-order chi connectivity index (χ1) is 15.1. The normalized spacial score (nSPS) is 20.5. The fourth-order valence-electron chi connectivity index (χ4n) is 4.98. The van der Waals surface area contributed by atoms with Gasteiger partial charge < -0.3 is 10.2 Å². The average Bonchev–Trinajstić information content (AvgIpc) is 3.50. The molecule has 1 N–H and O–H groups in total. The van der Waals surface area contributed by atoms with E-state index in [-0.39, 0.29) is 23.8 Å². The maximum absolute atomic E-state index is 13.0. The van der Waals surface area contributed by atoms with E-state index in [9.17, 15) is 9.59 Å². The third kappa shape index (κ3) is 5.32. The molecular weight excluding hydrogens is 390 g/mol. The van der Waals surface area contributed by atoms with E-state index < -0.39 is 0 Å². The average molecular weight is 424 g/mol. The first-order valence-corrected chi connectivity index (χ1v) is 11.7. The Labute approximate surface area is 184 Å². The molecule has 3 heterocycles. The number of nitrogens with one attached hydrogen (secondary N) is 1. The highest BCUT2D eigenvalue weighted by atomic mass is 16.2. The molecule has 4 rings (SSSR count). The molecule has 0 bridgehead atoms. The Morgan fingerprint density at radius 2 is 2.00 bits per heavy atom. The lowest BCUT2D eigenvalue weighted by Crippen LogP contribution is -2.45. The van der Waals surface area contributed by atoms with E-state index in [1.54, 1.807) is 16.9 Å². The van der Waals surface area contributed by atoms with Crippen LogP contribution in [0.5, 0.6) is 0 Å². The van der Waals surface area contributed by atoms with Gasteiger partial charge in [0.05, 0.1) is 11.7 Å². The number of likely N-dealkylation sites (tertiary alicyclic amines) is 1. The van der Waals surface area contributed by atoms with Gasteiger partial charge in [0.1, 0.15) is 5.69 Å². The number of aryl methyl sites for hydroxylation is 1. The second-order valence-corrected chi connectivity index (χ2v) is 8.86. The van der Waals surface area contributed by atoms with Gasteiger partial charge in [0.15, 0.2) is 0 Å². The molecule has 1 aliphatic carbocycles. The number of carbonyl (C=O) groups excluding carboxylic acids is 2. The van der Waals surface area contributed by atoms with Gasteiger partial charge in [0.2, 0.25) is 5.91 Å². The Bertz CT molecular complexity index is 875. The smallest absolute Gasteiger partial charge is 0.274 e. The fraction of sp³-hybridized carbons (Fsp3) is 0.583. The van der Waals surface area contributed by atoms with Crippen LogP contribution in [0.4, 0.5) is 0 Å². The summed E-state index contributed by atoms with van der Waals surface area (Å²) < 4.78 is 1.77. The molecule has 2 amide bonds. The summed E-state index contributed by atoms with van der Waals surface area (Å²) >= 11 is 0. The number of carbonyl (C=O) groups is 2. The maximum atomic E-state index is 13.0. The van der Waals surface area contributed by atoms with Crippen molar-refractivity contribution in [2.24, 2.45) is 11.8 Å². The Hall–Kier alpha value is -2.70. The van der Waals surface area contributed by atoms with Crippen LogP contribution < -0.4 is 5.32 Å². The highest BCUT2D eigenvalue weighted by Crippen LogP contribution is 2.31. The van der Waals surface area contributed by atoms with E-state index in [1.807, 2.05) is 36.2 Å². The van der Waals surface area contributed by atoms with Crippen molar-refractivity contribution in [3.8, 4) is 0 Å². The van der Waals surface area contributed by atoms with Gasteiger partial charge in [-0.1, -0.05) is 18.9 Å². The van der Waals surface area contributed by atoms with E-state index in [0.717, 1.165) is 44.5 Å². The quantitative estimate of drug-likeness (QED) is 0.738. The summed E-state index contributed by atoms with van der Waals surface area (Å²) in [6, 6.07) is 7.43. The maximum Gasteiger partial charge on any atom is 0.274 e. The minimum absolute atomic E-state index is 0.0334. The molecule has 166 valence electrons. The first-order valence-electron chi connectivity index (χ1n) is 11.7. The zero-order chi connectivity index (χ0) is 21.6. The lowest BCUT2D eigenvalue weighted by atomic mass is 9.88. The molecule has 2 aromatic heterocycles. The van der Waals surface area contributed by atoms with Crippen molar-refractivity contribution in [3.05, 3.63) is 48.0 Å². The van der Waals surface area contributed by atoms with Crippen LogP contribution in [0, 0.1) is 11.8 Å². The van der Waals surface area contributed by atoms with Gasteiger partial charge in [-0.3, -0.25) is 19.3 Å². The molecule has 7 heteroatoms. The van der Waals surface area contributed by atoms with Crippen molar-refractivity contribution in [1.82, 2.24) is 25.0 Å². The molecule has 1 saturated heterocycles. The van der Waals surface area contributed by atoms with Crippen molar-refractivity contribution >= 4 is 11.8 Å². The lowest BCUT2D eigenvalue weighted by Gasteiger charge is -2.37. The highest BCUT2D eigenvalue weighted by molar-refractivity contribution is 5.92. The van der Waals surface area contributed by atoms with Crippen LogP contribution in [0.2, 0.25) is 0 Å². The van der Waals surface area contributed by atoms with Gasteiger partial charge in [-0.05, 0) is 56.7 Å². The molecular formula is C24H33N5O2. The van der Waals surface area contributed by atoms with Crippen molar-refractivity contribution in [2.45, 2.75) is 64.5 Å². The number of rotatable bonds is 7. The van der Waals surface area contributed by atoms with Crippen LogP contribution in [-0.4, -0.2) is 44.6 Å². The molecule has 1 aliphatic heterocycles. The molecule has 0 unspecified atom stereocenters. The molecule has 2 aliphatic rings. The van der Waals surface area contributed by atoms with E-state index in [1.165, 1.54) is 12.8 Å². The molecule has 1 saturated carbocycles. The predicted octanol–water partition coefficient (Wildman–Crippen LogP) is 3.59. The topological polar surface area (TPSA) is 80.1 Å². The molecule has 2 atom stereocenters. The Morgan fingerprint density at radius 1 is 1.16 bits per heavy atom. The van der Waals surface area contributed by atoms with Gasteiger partial charge in [0, 0.05) is 44.4 Å². The number of pyridine rings is 1. The third-order valence-electron chi connectivity index (χ3n) is 6.67. The SMILES string of the molecule is CCn1ccc(C(=O)N2CCC[C@@H]([C@H](NC(=O)CC3CCCC3)c3ccccn3)C2)n1. The van der Waals surface area contributed by atoms with Crippen LogP contribution >= 0.6 is 0 Å². The summed E-state index contributed by atoms with van der Waals surface area (Å²) in [6.07, 6.45) is 10.8. The number of amides is 2. The monoisotopic (exact) mass is 423 g/mol. The molecule has 0 radical (unpaired) electrons. The van der Waals surface area contributed by atoms with E-state index in [4.69, 9.17) is 0 Å². The van der Waals surface area contributed by atoms with Gasteiger partial charge in [-0.15, -0.1) is 0 Å². The van der Waals surface area contributed by atoms with Gasteiger partial charge >= 0.3 is 0 Å². The number of hydrogen-bond donors (Lipinski definition) is 1. The van der Waals surface area contributed by atoms with Crippen molar-refractivity contribution < 1.29 is 9.59 Å².